The molecule has 4 rings (SSSR count). The van der Waals surface area contributed by atoms with Crippen LogP contribution >= 0.6 is 18.8 Å². The van der Waals surface area contributed by atoms with Gasteiger partial charge in [0.25, 0.3) is 7.21 Å². The summed E-state index contributed by atoms with van der Waals surface area (Å²) in [6, 6.07) is 27.0. The molecule has 0 aromatic heterocycles. The van der Waals surface area contributed by atoms with E-state index in [1.54, 1.807) is 0 Å². The number of benzene rings is 3. The van der Waals surface area contributed by atoms with Crippen LogP contribution in [0.3, 0.4) is 0 Å². The molecular formula is C20H17Cl2N2P. The van der Waals surface area contributed by atoms with Crippen LogP contribution in [0.1, 0.15) is 11.1 Å². The van der Waals surface area contributed by atoms with Crippen LogP contribution in [0.4, 0.5) is 5.69 Å². The van der Waals surface area contributed by atoms with Crippen LogP contribution < -0.4 is 27.8 Å². The average molecular weight is 387 g/mol. The minimum Gasteiger partial charge on any atom is -1.00 e. The van der Waals surface area contributed by atoms with E-state index >= 15 is 0 Å². The number of aryl methyl sites for hydroxylation is 1. The molecule has 0 amide bonds. The summed E-state index contributed by atoms with van der Waals surface area (Å²) in [6.07, 6.45) is 0. The standard InChI is InChI=1S/C20H16ClN2P.ClH/c1-15-12-13-18-19(14-15)22-24(23-20(18)21,16-8-4-2-5-9-16)17-10-6-3-7-11-17;/h2-14H,1H3;1H. The highest BCUT2D eigenvalue weighted by Gasteiger charge is 2.35. The molecule has 0 aliphatic carbocycles. The molecule has 25 heavy (non-hydrogen) atoms. The first kappa shape index (κ1) is 17.9. The fourth-order valence-corrected chi connectivity index (χ4v) is 6.45. The Morgan fingerprint density at radius 2 is 1.40 bits per heavy atom. The van der Waals surface area contributed by atoms with Gasteiger partial charge in [-0.25, -0.2) is 4.74 Å². The van der Waals surface area contributed by atoms with E-state index in [2.05, 4.69) is 72.3 Å². The van der Waals surface area contributed by atoms with Gasteiger partial charge in [-0.3, -0.25) is 0 Å². The Hall–Kier alpha value is -1.86. The third-order valence-corrected chi connectivity index (χ3v) is 7.74. The molecule has 126 valence electrons. The molecule has 0 spiro atoms. The van der Waals surface area contributed by atoms with Crippen LogP contribution in [0.25, 0.3) is 0 Å². The molecule has 0 unspecified atom stereocenters. The van der Waals surface area contributed by atoms with E-state index in [1.165, 1.54) is 16.2 Å². The minimum atomic E-state index is -2.20. The minimum absolute atomic E-state index is 0. The van der Waals surface area contributed by atoms with E-state index in [-0.39, 0.29) is 12.4 Å². The summed E-state index contributed by atoms with van der Waals surface area (Å²) >= 11 is 6.62. The Kier molecular flexibility index (Phi) is 5.15. The predicted molar refractivity (Wildman–Crippen MR) is 103 cm³/mol. The number of hydrogen-bond donors (Lipinski definition) is 1. The van der Waals surface area contributed by atoms with Crippen molar-refractivity contribution in [3.63, 3.8) is 0 Å². The van der Waals surface area contributed by atoms with Gasteiger partial charge < -0.3 is 12.4 Å². The van der Waals surface area contributed by atoms with Crippen molar-refractivity contribution in [3.05, 3.63) is 90.0 Å². The third-order valence-electron chi connectivity index (χ3n) is 4.18. The number of rotatable bonds is 2. The smallest absolute Gasteiger partial charge is 0.271 e. The molecular weight excluding hydrogens is 370 g/mol. The highest BCUT2D eigenvalue weighted by atomic mass is 35.5. The molecule has 1 aliphatic rings. The van der Waals surface area contributed by atoms with Gasteiger partial charge in [-0.1, -0.05) is 54.1 Å². The molecule has 2 nitrogen and oxygen atoms in total. The molecule has 0 radical (unpaired) electrons. The lowest BCUT2D eigenvalue weighted by Gasteiger charge is -2.20. The third kappa shape index (κ3) is 3.18. The van der Waals surface area contributed by atoms with Crippen LogP contribution in [0.5, 0.6) is 0 Å². The van der Waals surface area contributed by atoms with Crippen molar-refractivity contribution in [1.29, 1.82) is 0 Å². The van der Waals surface area contributed by atoms with E-state index in [9.17, 15) is 0 Å². The second kappa shape index (κ2) is 7.17. The zero-order chi connectivity index (χ0) is 16.6. The number of fused-ring (bicyclic) bond motifs is 1. The summed E-state index contributed by atoms with van der Waals surface area (Å²) in [5.74, 6) is 0. The van der Waals surface area contributed by atoms with Crippen molar-refractivity contribution in [2.24, 2.45) is 4.76 Å². The Balaban J connectivity index is 0.00000182. The Labute approximate surface area is 159 Å². The number of nitrogens with zero attached hydrogens (tertiary/aromatic N) is 1. The van der Waals surface area contributed by atoms with Gasteiger partial charge in [0.15, 0.2) is 0 Å². The van der Waals surface area contributed by atoms with Crippen molar-refractivity contribution >= 4 is 40.3 Å². The molecule has 0 atom stereocenters. The normalized spacial score (nSPS) is 14.6. The lowest BCUT2D eigenvalue weighted by Crippen LogP contribution is -3.00. The Morgan fingerprint density at radius 3 is 1.96 bits per heavy atom. The van der Waals surface area contributed by atoms with Crippen molar-refractivity contribution < 1.29 is 17.2 Å². The maximum atomic E-state index is 6.62. The highest BCUT2D eigenvalue weighted by Crippen LogP contribution is 2.45. The van der Waals surface area contributed by atoms with Crippen LogP contribution in [0, 0.1) is 6.92 Å². The average Bonchev–Trinajstić information content (AvgIpc) is 2.62. The first-order chi connectivity index (χ1) is 11.7. The topological polar surface area (TPSA) is 26.3 Å². The van der Waals surface area contributed by atoms with Gasteiger partial charge in [0, 0.05) is 6.07 Å². The summed E-state index contributed by atoms with van der Waals surface area (Å²) in [7, 11) is -2.20. The monoisotopic (exact) mass is 386 g/mol. The van der Waals surface area contributed by atoms with Crippen molar-refractivity contribution in [2.75, 3.05) is 0 Å². The van der Waals surface area contributed by atoms with E-state index in [4.69, 9.17) is 16.4 Å². The summed E-state index contributed by atoms with van der Waals surface area (Å²) in [4.78, 5) is 0. The largest absolute Gasteiger partial charge is 1.00 e. The molecule has 0 bridgehead atoms. The summed E-state index contributed by atoms with van der Waals surface area (Å²) in [5.41, 5.74) is 3.22. The van der Waals surface area contributed by atoms with E-state index in [1.807, 2.05) is 18.2 Å². The van der Waals surface area contributed by atoms with Crippen molar-refractivity contribution in [1.82, 2.24) is 0 Å². The Morgan fingerprint density at radius 1 is 0.840 bits per heavy atom. The first-order valence-corrected chi connectivity index (χ1v) is 9.96. The maximum Gasteiger partial charge on any atom is 0.271 e. The lowest BCUT2D eigenvalue weighted by molar-refractivity contribution is -0.328. The molecule has 1 N–H and O–H groups in total. The molecule has 1 aliphatic heterocycles. The summed E-state index contributed by atoms with van der Waals surface area (Å²) < 4.78 is 8.76. The second-order valence-corrected chi connectivity index (χ2v) is 8.94. The van der Waals surface area contributed by atoms with E-state index in [0.29, 0.717) is 5.17 Å². The van der Waals surface area contributed by atoms with Gasteiger partial charge in [-0.2, -0.15) is 4.76 Å². The molecule has 3 aromatic carbocycles. The highest BCUT2D eigenvalue weighted by molar-refractivity contribution is 7.77. The number of nitrogens with one attached hydrogen (secondary N) is 1. The molecule has 5 heteroatoms. The number of halogens is 2. The Bertz CT molecular complexity index is 940. The van der Waals surface area contributed by atoms with Crippen molar-refractivity contribution in [3.8, 4) is 0 Å². The zero-order valence-corrected chi connectivity index (χ0v) is 16.1. The van der Waals surface area contributed by atoms with Gasteiger partial charge in [-0.05, 0) is 42.8 Å². The van der Waals surface area contributed by atoms with Crippen molar-refractivity contribution in [2.45, 2.75) is 6.92 Å². The fraction of sp³-hybridized carbons (Fsp3) is 0.0500. The van der Waals surface area contributed by atoms with Gasteiger partial charge in [-0.15, -0.1) is 0 Å². The molecule has 0 fully saturated rings. The number of hydrogen-bond acceptors (Lipinski definition) is 1. The SMILES string of the molecule is Cc1ccc2c(c1)[NH+]=P(c1ccccc1)(c1ccccc1)N=C2Cl.[Cl-]. The van der Waals surface area contributed by atoms with E-state index < -0.39 is 7.21 Å². The molecule has 0 saturated heterocycles. The zero-order valence-electron chi connectivity index (χ0n) is 13.7. The quantitative estimate of drug-likeness (QED) is 0.620. The molecule has 0 saturated carbocycles. The fourth-order valence-electron chi connectivity index (χ4n) is 3.00. The predicted octanol–water partition coefficient (Wildman–Crippen LogP) is 0.477. The summed E-state index contributed by atoms with van der Waals surface area (Å²) in [5, 5.41) is 2.91. The summed E-state index contributed by atoms with van der Waals surface area (Å²) in [6.45, 7) is 2.09. The second-order valence-electron chi connectivity index (χ2n) is 5.86. The van der Waals surface area contributed by atoms with Gasteiger partial charge in [0.05, 0.1) is 16.2 Å². The molecule has 3 aromatic rings. The van der Waals surface area contributed by atoms with Crippen LogP contribution in [-0.2, 0) is 0 Å². The van der Waals surface area contributed by atoms with Gasteiger partial charge in [0.1, 0.15) is 5.17 Å². The van der Waals surface area contributed by atoms with Crippen LogP contribution in [0.15, 0.2) is 83.6 Å². The first-order valence-electron chi connectivity index (χ1n) is 7.84. The maximum absolute atomic E-state index is 6.62. The lowest BCUT2D eigenvalue weighted by atomic mass is 10.1. The van der Waals surface area contributed by atoms with Crippen LogP contribution in [0.2, 0.25) is 0 Å². The molecule has 1 heterocycles. The van der Waals surface area contributed by atoms with Crippen LogP contribution in [-0.4, -0.2) is 5.17 Å². The van der Waals surface area contributed by atoms with Gasteiger partial charge in [0.2, 0.25) is 5.69 Å². The van der Waals surface area contributed by atoms with E-state index in [0.717, 1.165) is 11.3 Å². The van der Waals surface area contributed by atoms with Gasteiger partial charge >= 0.3 is 0 Å².